The number of hydrogen-bond acceptors (Lipinski definition) is 8. The molecule has 10 nitrogen and oxygen atoms in total. The van der Waals surface area contributed by atoms with Crippen LogP contribution in [0.4, 0.5) is 0 Å². The average molecular weight is 986 g/mol. The quantitative estimate of drug-likeness (QED) is 0.0232. The number of esters is 1. The number of carbonyl (C=O) groups excluding carboxylic acids is 1. The van der Waals surface area contributed by atoms with Crippen molar-refractivity contribution in [3.8, 4) is 0 Å². The predicted octanol–water partition coefficient (Wildman–Crippen LogP) is 16.4. The predicted molar refractivity (Wildman–Crippen MR) is 290 cm³/mol. The number of carboxylic acids is 1. The van der Waals surface area contributed by atoms with Gasteiger partial charge in [0.2, 0.25) is 0 Å². The fourth-order valence-corrected chi connectivity index (χ4v) is 8.01. The summed E-state index contributed by atoms with van der Waals surface area (Å²) < 4.78 is 33.6. The Morgan fingerprint density at radius 3 is 1.19 bits per heavy atom. The summed E-state index contributed by atoms with van der Waals surface area (Å²) in [6.45, 7) is 3.66. The highest BCUT2D eigenvalue weighted by Crippen LogP contribution is 2.43. The van der Waals surface area contributed by atoms with Gasteiger partial charge in [0.25, 0.3) is 0 Å². The Labute approximate surface area is 421 Å². The maximum Gasteiger partial charge on any atom is 0.472 e. The molecule has 11 heteroatoms. The first kappa shape index (κ1) is 65.9. The van der Waals surface area contributed by atoms with Crippen LogP contribution in [0.3, 0.4) is 0 Å². The lowest BCUT2D eigenvalue weighted by atomic mass is 10.0. The topological polar surface area (TPSA) is 155 Å². The molecule has 0 saturated heterocycles. The van der Waals surface area contributed by atoms with Gasteiger partial charge in [-0.2, -0.15) is 0 Å². The number of allylic oxidation sites excluding steroid dienone is 16. The van der Waals surface area contributed by atoms with Gasteiger partial charge in [0, 0.05) is 13.0 Å². The van der Waals surface area contributed by atoms with Crippen LogP contribution >= 0.6 is 7.82 Å². The van der Waals surface area contributed by atoms with E-state index in [4.69, 9.17) is 29.4 Å². The maximum atomic E-state index is 12.7. The van der Waals surface area contributed by atoms with Crippen LogP contribution in [0.2, 0.25) is 0 Å². The Hall–Kier alpha value is -3.11. The minimum Gasteiger partial charge on any atom is -0.480 e. The van der Waals surface area contributed by atoms with E-state index in [1.807, 2.05) is 0 Å². The zero-order valence-corrected chi connectivity index (χ0v) is 44.5. The molecular weight excluding hydrogens is 886 g/mol. The van der Waals surface area contributed by atoms with Gasteiger partial charge < -0.3 is 25.2 Å². The molecule has 0 heterocycles. The maximum absolute atomic E-state index is 12.7. The fourth-order valence-electron chi connectivity index (χ4n) is 7.23. The van der Waals surface area contributed by atoms with Crippen molar-refractivity contribution in [3.63, 3.8) is 0 Å². The summed E-state index contributed by atoms with van der Waals surface area (Å²) >= 11 is 0. The number of aliphatic carboxylic acids is 1. The number of nitrogens with two attached hydrogens (primary N) is 1. The molecule has 0 radical (unpaired) electrons. The minimum atomic E-state index is -4.63. The van der Waals surface area contributed by atoms with Gasteiger partial charge in [0.1, 0.15) is 12.1 Å². The number of hydrogen-bond donors (Lipinski definition) is 3. The lowest BCUT2D eigenvalue weighted by Gasteiger charge is -2.20. The summed E-state index contributed by atoms with van der Waals surface area (Å²) in [5.41, 5.74) is 5.38. The van der Waals surface area contributed by atoms with Gasteiger partial charge in [-0.05, 0) is 89.9 Å². The largest absolute Gasteiger partial charge is 0.480 e. The Morgan fingerprint density at radius 1 is 0.464 bits per heavy atom. The van der Waals surface area contributed by atoms with Crippen LogP contribution in [-0.2, 0) is 32.7 Å². The summed E-state index contributed by atoms with van der Waals surface area (Å²) in [7, 11) is -4.63. The van der Waals surface area contributed by atoms with E-state index in [2.05, 4.69) is 111 Å². The zero-order chi connectivity index (χ0) is 50.4. The molecule has 3 unspecified atom stereocenters. The molecule has 0 aromatic rings. The highest BCUT2D eigenvalue weighted by atomic mass is 31.2. The van der Waals surface area contributed by atoms with Crippen molar-refractivity contribution in [2.24, 2.45) is 5.73 Å². The molecule has 0 aliphatic carbocycles. The molecule has 3 atom stereocenters. The van der Waals surface area contributed by atoms with E-state index >= 15 is 0 Å². The Balaban J connectivity index is 4.13. The molecule has 0 bridgehead atoms. The SMILES string of the molecule is CC/C=C\C/C=C\C/C=C\C/C=C\CCCCCCCCCCCCCOCC(COP(=O)(O)OCC(N)C(=O)O)OC(=O)CCCCCCCCCCCC/C=C\C/C=C\C/C=C\C/C=C\CC. The smallest absolute Gasteiger partial charge is 0.472 e. The Kier molecular flexibility index (Phi) is 50.3. The van der Waals surface area contributed by atoms with Gasteiger partial charge in [-0.25, -0.2) is 4.57 Å². The minimum absolute atomic E-state index is 0.00819. The van der Waals surface area contributed by atoms with E-state index < -0.39 is 45.1 Å². The molecule has 0 aromatic heterocycles. The lowest BCUT2D eigenvalue weighted by Crippen LogP contribution is -2.34. The van der Waals surface area contributed by atoms with Crippen LogP contribution in [0.15, 0.2) is 97.2 Å². The summed E-state index contributed by atoms with van der Waals surface area (Å²) in [6, 6.07) is -1.48. The Morgan fingerprint density at radius 2 is 0.797 bits per heavy atom. The second kappa shape index (κ2) is 52.7. The third-order valence-corrected chi connectivity index (χ3v) is 12.3. The van der Waals surface area contributed by atoms with Crippen molar-refractivity contribution >= 4 is 19.8 Å². The van der Waals surface area contributed by atoms with Crippen molar-refractivity contribution in [2.45, 2.75) is 231 Å². The molecular formula is C58H100NO9P. The van der Waals surface area contributed by atoms with Crippen LogP contribution < -0.4 is 5.73 Å². The second-order valence-electron chi connectivity index (χ2n) is 17.9. The third kappa shape index (κ3) is 52.5. The average Bonchev–Trinajstić information content (AvgIpc) is 3.33. The molecule has 396 valence electrons. The van der Waals surface area contributed by atoms with Crippen LogP contribution in [-0.4, -0.2) is 60.5 Å². The number of rotatable bonds is 51. The van der Waals surface area contributed by atoms with E-state index in [1.165, 1.54) is 96.3 Å². The van der Waals surface area contributed by atoms with E-state index in [-0.39, 0.29) is 13.0 Å². The molecule has 0 amide bonds. The van der Waals surface area contributed by atoms with Gasteiger partial charge in [-0.1, -0.05) is 220 Å². The monoisotopic (exact) mass is 986 g/mol. The van der Waals surface area contributed by atoms with Gasteiger partial charge in [0.05, 0.1) is 19.8 Å². The van der Waals surface area contributed by atoms with Gasteiger partial charge >= 0.3 is 19.8 Å². The van der Waals surface area contributed by atoms with E-state index in [0.29, 0.717) is 13.0 Å². The van der Waals surface area contributed by atoms with Crippen molar-refractivity contribution in [2.75, 3.05) is 26.4 Å². The molecule has 0 aliphatic rings. The van der Waals surface area contributed by atoms with E-state index in [1.54, 1.807) is 0 Å². The van der Waals surface area contributed by atoms with Gasteiger partial charge in [-0.3, -0.25) is 18.6 Å². The van der Waals surface area contributed by atoms with Gasteiger partial charge in [0.15, 0.2) is 0 Å². The van der Waals surface area contributed by atoms with Crippen molar-refractivity contribution < 1.29 is 42.7 Å². The third-order valence-electron chi connectivity index (χ3n) is 11.4. The van der Waals surface area contributed by atoms with Gasteiger partial charge in [-0.15, -0.1) is 0 Å². The number of unbranched alkanes of at least 4 members (excludes halogenated alkanes) is 21. The lowest BCUT2D eigenvalue weighted by molar-refractivity contribution is -0.154. The molecule has 69 heavy (non-hydrogen) atoms. The first-order valence-corrected chi connectivity index (χ1v) is 28.8. The highest BCUT2D eigenvalue weighted by Gasteiger charge is 2.27. The fraction of sp³-hybridized carbons (Fsp3) is 0.690. The normalized spacial score (nSPS) is 14.4. The zero-order valence-electron chi connectivity index (χ0n) is 43.6. The Bertz CT molecular complexity index is 1470. The van der Waals surface area contributed by atoms with Crippen LogP contribution in [0.5, 0.6) is 0 Å². The molecule has 0 rings (SSSR count). The molecule has 0 saturated carbocycles. The van der Waals surface area contributed by atoms with Crippen LogP contribution in [0, 0.1) is 0 Å². The first-order valence-electron chi connectivity index (χ1n) is 27.3. The molecule has 0 aromatic carbocycles. The standard InChI is InChI=1S/C58H100NO9P/c1-3-5-7-9-11-13-15-17-19-21-23-25-27-29-31-33-35-37-39-41-43-45-47-49-51-65-52-55(53-66-69(63,64)67-54-56(59)58(61)62)68-57(60)50-48-46-44-42-40-38-36-34-32-30-28-26-24-22-20-18-16-14-12-10-8-6-4-2/h5-8,11-14,17-20,23-26,55-56H,3-4,9-10,15-16,21-22,27-54,59H2,1-2H3,(H,61,62)(H,63,64)/b7-5-,8-6-,13-11-,14-12-,19-17-,20-18-,25-23-,26-24-. The van der Waals surface area contributed by atoms with Crippen molar-refractivity contribution in [1.82, 2.24) is 0 Å². The summed E-state index contributed by atoms with van der Waals surface area (Å²) in [5, 5.41) is 8.95. The van der Waals surface area contributed by atoms with E-state index in [9.17, 15) is 19.0 Å². The molecule has 0 fully saturated rings. The number of phosphoric ester groups is 1. The molecule has 4 N–H and O–H groups in total. The summed E-state index contributed by atoms with van der Waals surface area (Å²) in [6.07, 6.45) is 70.4. The first-order chi connectivity index (χ1) is 33.7. The molecule has 0 spiro atoms. The van der Waals surface area contributed by atoms with Crippen LogP contribution in [0.25, 0.3) is 0 Å². The van der Waals surface area contributed by atoms with Crippen molar-refractivity contribution in [1.29, 1.82) is 0 Å². The number of phosphoric acid groups is 1. The van der Waals surface area contributed by atoms with Crippen LogP contribution in [0.1, 0.15) is 219 Å². The second-order valence-corrected chi connectivity index (χ2v) is 19.4. The highest BCUT2D eigenvalue weighted by molar-refractivity contribution is 7.47. The summed E-state index contributed by atoms with van der Waals surface area (Å²) in [5.74, 6) is -1.79. The molecule has 0 aliphatic heterocycles. The summed E-state index contributed by atoms with van der Waals surface area (Å²) in [4.78, 5) is 33.8. The van der Waals surface area contributed by atoms with Crippen molar-refractivity contribution in [3.05, 3.63) is 97.2 Å². The number of ether oxygens (including phenoxy) is 2. The number of carboxylic acid groups (broad SMARTS) is 1. The van der Waals surface area contributed by atoms with E-state index in [0.717, 1.165) is 96.3 Å². The number of carbonyl (C=O) groups is 2.